The predicted octanol–water partition coefficient (Wildman–Crippen LogP) is 4.98. The lowest BCUT2D eigenvalue weighted by atomic mass is 10.1. The Morgan fingerprint density at radius 2 is 1.61 bits per heavy atom. The molecule has 0 aliphatic carbocycles. The van der Waals surface area contributed by atoms with E-state index >= 15 is 0 Å². The lowest BCUT2D eigenvalue weighted by Crippen LogP contribution is -2.22. The van der Waals surface area contributed by atoms with Gasteiger partial charge < -0.3 is 19.5 Å². The van der Waals surface area contributed by atoms with Crippen LogP contribution in [0.3, 0.4) is 0 Å². The lowest BCUT2D eigenvalue weighted by Gasteiger charge is -2.11. The van der Waals surface area contributed by atoms with Gasteiger partial charge in [-0.2, -0.15) is 0 Å². The summed E-state index contributed by atoms with van der Waals surface area (Å²) in [4.78, 5) is 12.4. The molecule has 0 fully saturated rings. The van der Waals surface area contributed by atoms with Gasteiger partial charge in [-0.05, 0) is 48.4 Å². The lowest BCUT2D eigenvalue weighted by molar-refractivity contribution is 0.0951. The number of hydrogen-bond donors (Lipinski definition) is 1. The van der Waals surface area contributed by atoms with Crippen LogP contribution < -0.4 is 19.5 Å². The van der Waals surface area contributed by atoms with Crippen molar-refractivity contribution < 1.29 is 19.0 Å². The first-order valence-electron chi connectivity index (χ1n) is 9.90. The van der Waals surface area contributed by atoms with Crippen LogP contribution in [0.1, 0.15) is 54.9 Å². The number of carbonyl (C=O) groups excluding carboxylic acids is 1. The molecule has 0 saturated heterocycles. The molecule has 0 radical (unpaired) electrons. The third kappa shape index (κ3) is 6.80. The normalized spacial score (nSPS) is 10.4. The van der Waals surface area contributed by atoms with Crippen LogP contribution in [-0.4, -0.2) is 26.7 Å². The van der Waals surface area contributed by atoms with E-state index in [1.54, 1.807) is 26.4 Å². The van der Waals surface area contributed by atoms with Crippen molar-refractivity contribution >= 4 is 5.91 Å². The van der Waals surface area contributed by atoms with E-state index in [2.05, 4.69) is 12.2 Å². The minimum atomic E-state index is -0.124. The number of amides is 1. The summed E-state index contributed by atoms with van der Waals surface area (Å²) in [5, 5.41) is 2.92. The molecule has 0 aliphatic heterocycles. The second-order valence-electron chi connectivity index (χ2n) is 6.66. The van der Waals surface area contributed by atoms with Crippen molar-refractivity contribution in [2.24, 2.45) is 0 Å². The van der Waals surface area contributed by atoms with Gasteiger partial charge in [0.1, 0.15) is 5.75 Å². The zero-order chi connectivity index (χ0) is 20.2. The molecule has 0 bridgehead atoms. The molecule has 5 nitrogen and oxygen atoms in total. The van der Waals surface area contributed by atoms with Gasteiger partial charge in [0.25, 0.3) is 5.91 Å². The zero-order valence-electron chi connectivity index (χ0n) is 17.1. The third-order valence-electron chi connectivity index (χ3n) is 4.53. The zero-order valence-corrected chi connectivity index (χ0v) is 17.1. The second-order valence-corrected chi connectivity index (χ2v) is 6.66. The molecule has 1 amide bonds. The van der Waals surface area contributed by atoms with Crippen LogP contribution in [0.2, 0.25) is 0 Å². The van der Waals surface area contributed by atoms with Crippen molar-refractivity contribution in [3.05, 3.63) is 53.6 Å². The Hall–Kier alpha value is -2.69. The molecule has 2 aromatic carbocycles. The molecular formula is C23H31NO4. The monoisotopic (exact) mass is 385 g/mol. The SMILES string of the molecule is CCCCCCCOc1ccc(C(=O)NCc2ccc(OC)c(OC)c2)cc1. The Balaban J connectivity index is 1.79. The van der Waals surface area contributed by atoms with Crippen molar-refractivity contribution in [2.45, 2.75) is 45.6 Å². The van der Waals surface area contributed by atoms with E-state index in [1.807, 2.05) is 30.3 Å². The number of ether oxygens (including phenoxy) is 3. The van der Waals surface area contributed by atoms with E-state index in [-0.39, 0.29) is 5.91 Å². The Labute approximate surface area is 168 Å². The Morgan fingerprint density at radius 3 is 2.29 bits per heavy atom. The number of methoxy groups -OCH3 is 2. The summed E-state index contributed by atoms with van der Waals surface area (Å²) in [6.07, 6.45) is 6.06. The molecule has 0 heterocycles. The molecule has 1 N–H and O–H groups in total. The molecule has 0 unspecified atom stereocenters. The molecular weight excluding hydrogens is 354 g/mol. The van der Waals surface area contributed by atoms with E-state index in [4.69, 9.17) is 14.2 Å². The van der Waals surface area contributed by atoms with Crippen LogP contribution in [0, 0.1) is 0 Å². The molecule has 2 rings (SSSR count). The number of rotatable bonds is 12. The van der Waals surface area contributed by atoms with Gasteiger partial charge in [-0.25, -0.2) is 0 Å². The standard InChI is InChI=1S/C23H31NO4/c1-4-5-6-7-8-15-28-20-12-10-19(11-13-20)23(25)24-17-18-9-14-21(26-2)22(16-18)27-3/h9-14,16H,4-8,15,17H2,1-3H3,(H,24,25). The van der Waals surface area contributed by atoms with Crippen LogP contribution in [0.15, 0.2) is 42.5 Å². The van der Waals surface area contributed by atoms with E-state index in [0.717, 1.165) is 17.7 Å². The summed E-state index contributed by atoms with van der Waals surface area (Å²) in [6, 6.07) is 12.9. The van der Waals surface area contributed by atoms with Crippen molar-refractivity contribution in [1.29, 1.82) is 0 Å². The molecule has 0 spiro atoms. The summed E-state index contributed by atoms with van der Waals surface area (Å²) in [5.41, 5.74) is 1.55. The Kier molecular flexibility index (Phi) is 9.19. The van der Waals surface area contributed by atoms with Gasteiger partial charge in [0.15, 0.2) is 11.5 Å². The number of carbonyl (C=O) groups is 1. The first kappa shape index (κ1) is 21.6. The maximum atomic E-state index is 12.4. The first-order valence-corrected chi connectivity index (χ1v) is 9.90. The van der Waals surface area contributed by atoms with Crippen molar-refractivity contribution in [3.63, 3.8) is 0 Å². The largest absolute Gasteiger partial charge is 0.494 e. The maximum absolute atomic E-state index is 12.4. The molecule has 5 heteroatoms. The summed E-state index contributed by atoms with van der Waals surface area (Å²) in [7, 11) is 3.19. The minimum absolute atomic E-state index is 0.124. The third-order valence-corrected chi connectivity index (χ3v) is 4.53. The topological polar surface area (TPSA) is 56.8 Å². The van der Waals surface area contributed by atoms with Gasteiger partial charge in [-0.1, -0.05) is 38.7 Å². The van der Waals surface area contributed by atoms with Gasteiger partial charge in [-0.15, -0.1) is 0 Å². The highest BCUT2D eigenvalue weighted by Gasteiger charge is 2.08. The van der Waals surface area contributed by atoms with Gasteiger partial charge in [0, 0.05) is 12.1 Å². The fourth-order valence-corrected chi connectivity index (χ4v) is 2.87. The fraction of sp³-hybridized carbons (Fsp3) is 0.435. The average molecular weight is 386 g/mol. The van der Waals surface area contributed by atoms with E-state index in [0.29, 0.717) is 30.2 Å². The van der Waals surface area contributed by atoms with E-state index in [9.17, 15) is 4.79 Å². The summed E-state index contributed by atoms with van der Waals surface area (Å²) < 4.78 is 16.3. The highest BCUT2D eigenvalue weighted by molar-refractivity contribution is 5.94. The van der Waals surface area contributed by atoms with Gasteiger partial charge in [0.2, 0.25) is 0 Å². The van der Waals surface area contributed by atoms with Crippen LogP contribution in [0.5, 0.6) is 17.2 Å². The molecule has 0 aromatic heterocycles. The Morgan fingerprint density at radius 1 is 0.893 bits per heavy atom. The molecule has 0 saturated carbocycles. The molecule has 28 heavy (non-hydrogen) atoms. The summed E-state index contributed by atoms with van der Waals surface area (Å²) in [6.45, 7) is 3.34. The van der Waals surface area contributed by atoms with Crippen LogP contribution in [-0.2, 0) is 6.54 Å². The van der Waals surface area contributed by atoms with Crippen LogP contribution in [0.25, 0.3) is 0 Å². The maximum Gasteiger partial charge on any atom is 0.251 e. The fourth-order valence-electron chi connectivity index (χ4n) is 2.87. The highest BCUT2D eigenvalue weighted by atomic mass is 16.5. The molecule has 2 aromatic rings. The van der Waals surface area contributed by atoms with Gasteiger partial charge >= 0.3 is 0 Å². The number of hydrogen-bond acceptors (Lipinski definition) is 4. The van der Waals surface area contributed by atoms with Gasteiger partial charge in [0.05, 0.1) is 20.8 Å². The predicted molar refractivity (Wildman–Crippen MR) is 111 cm³/mol. The minimum Gasteiger partial charge on any atom is -0.494 e. The van der Waals surface area contributed by atoms with Crippen LogP contribution in [0.4, 0.5) is 0 Å². The average Bonchev–Trinajstić information content (AvgIpc) is 2.74. The Bertz CT molecular complexity index is 728. The van der Waals surface area contributed by atoms with E-state index in [1.165, 1.54) is 25.7 Å². The summed E-state index contributed by atoms with van der Waals surface area (Å²) >= 11 is 0. The van der Waals surface area contributed by atoms with Crippen molar-refractivity contribution in [1.82, 2.24) is 5.32 Å². The van der Waals surface area contributed by atoms with Gasteiger partial charge in [-0.3, -0.25) is 4.79 Å². The van der Waals surface area contributed by atoms with Crippen molar-refractivity contribution in [2.75, 3.05) is 20.8 Å². The number of nitrogens with one attached hydrogen (secondary N) is 1. The van der Waals surface area contributed by atoms with Crippen molar-refractivity contribution in [3.8, 4) is 17.2 Å². The van der Waals surface area contributed by atoms with E-state index < -0.39 is 0 Å². The number of unbranched alkanes of at least 4 members (excludes halogenated alkanes) is 4. The quantitative estimate of drug-likeness (QED) is 0.523. The first-order chi connectivity index (χ1) is 13.7. The molecule has 0 aliphatic rings. The second kappa shape index (κ2) is 11.9. The summed E-state index contributed by atoms with van der Waals surface area (Å²) in [5.74, 6) is 1.98. The number of benzene rings is 2. The molecule has 0 atom stereocenters. The molecule has 152 valence electrons. The smallest absolute Gasteiger partial charge is 0.251 e. The highest BCUT2D eigenvalue weighted by Crippen LogP contribution is 2.27. The van der Waals surface area contributed by atoms with Crippen LogP contribution >= 0.6 is 0 Å².